The summed E-state index contributed by atoms with van der Waals surface area (Å²) in [6, 6.07) is 15.7. The first-order chi connectivity index (χ1) is 9.33. The Morgan fingerprint density at radius 3 is 2.74 bits per heavy atom. The number of rotatable bonds is 5. The number of nitriles is 1. The highest BCUT2D eigenvalue weighted by molar-refractivity contribution is 6.06. The van der Waals surface area contributed by atoms with Crippen LogP contribution >= 0.6 is 0 Å². The van der Waals surface area contributed by atoms with Crippen molar-refractivity contribution in [2.45, 2.75) is 19.3 Å². The molecule has 0 saturated carbocycles. The minimum atomic E-state index is -0.0474. The third-order valence-corrected chi connectivity index (χ3v) is 3.04. The zero-order chi connectivity index (χ0) is 13.5. The van der Waals surface area contributed by atoms with Crippen LogP contribution in [0.1, 0.15) is 29.6 Å². The number of amides is 1. The highest BCUT2D eigenvalue weighted by atomic mass is 16.1. The summed E-state index contributed by atoms with van der Waals surface area (Å²) in [5.74, 6) is -0.0474. The van der Waals surface area contributed by atoms with Crippen LogP contribution in [0.2, 0.25) is 0 Å². The van der Waals surface area contributed by atoms with Gasteiger partial charge in [0.05, 0.1) is 6.07 Å². The number of nitrogens with one attached hydrogen (secondary N) is 1. The second-order valence-electron chi connectivity index (χ2n) is 4.40. The topological polar surface area (TPSA) is 52.9 Å². The Balaban J connectivity index is 2.03. The van der Waals surface area contributed by atoms with Gasteiger partial charge in [-0.25, -0.2) is 0 Å². The summed E-state index contributed by atoms with van der Waals surface area (Å²) in [6.45, 7) is 0.615. The van der Waals surface area contributed by atoms with Crippen molar-refractivity contribution in [2.24, 2.45) is 0 Å². The summed E-state index contributed by atoms with van der Waals surface area (Å²) in [6.07, 6.45) is 2.21. The molecule has 2 aromatic carbocycles. The molecule has 0 fully saturated rings. The smallest absolute Gasteiger partial charge is 0.251 e. The van der Waals surface area contributed by atoms with Crippen molar-refractivity contribution in [3.63, 3.8) is 0 Å². The molecule has 0 unspecified atom stereocenters. The van der Waals surface area contributed by atoms with Gasteiger partial charge in [0, 0.05) is 18.5 Å². The fraction of sp³-hybridized carbons (Fsp3) is 0.250. The largest absolute Gasteiger partial charge is 0.352 e. The first-order valence-electron chi connectivity index (χ1n) is 6.46. The van der Waals surface area contributed by atoms with E-state index in [4.69, 9.17) is 5.26 Å². The summed E-state index contributed by atoms with van der Waals surface area (Å²) >= 11 is 0. The SMILES string of the molecule is N#CCCCCNC(=O)c1cccc2ccccc12. The molecule has 0 aromatic heterocycles. The summed E-state index contributed by atoms with van der Waals surface area (Å²) in [7, 11) is 0. The van der Waals surface area contributed by atoms with E-state index >= 15 is 0 Å². The Labute approximate surface area is 112 Å². The first-order valence-corrected chi connectivity index (χ1v) is 6.46. The molecular weight excluding hydrogens is 236 g/mol. The Kier molecular flexibility index (Phi) is 4.52. The van der Waals surface area contributed by atoms with Gasteiger partial charge in [-0.3, -0.25) is 4.79 Å². The van der Waals surface area contributed by atoms with Gasteiger partial charge in [-0.15, -0.1) is 0 Å². The van der Waals surface area contributed by atoms with Crippen molar-refractivity contribution >= 4 is 16.7 Å². The molecule has 0 aliphatic heterocycles. The van der Waals surface area contributed by atoms with Gasteiger partial charge >= 0.3 is 0 Å². The lowest BCUT2D eigenvalue weighted by Gasteiger charge is -2.07. The van der Waals surface area contributed by atoms with Crippen LogP contribution in [-0.4, -0.2) is 12.5 Å². The van der Waals surface area contributed by atoms with Gasteiger partial charge in [-0.05, 0) is 29.7 Å². The molecule has 0 spiro atoms. The standard InChI is InChI=1S/C16H16N2O/c17-11-4-1-5-12-18-16(19)15-10-6-8-13-7-2-3-9-14(13)15/h2-3,6-10H,1,4-5,12H2,(H,18,19). The van der Waals surface area contributed by atoms with Crippen LogP contribution < -0.4 is 5.32 Å². The monoisotopic (exact) mass is 252 g/mol. The van der Waals surface area contributed by atoms with Crippen molar-refractivity contribution in [1.82, 2.24) is 5.32 Å². The highest BCUT2D eigenvalue weighted by Crippen LogP contribution is 2.18. The second-order valence-corrected chi connectivity index (χ2v) is 4.40. The summed E-state index contributed by atoms with van der Waals surface area (Å²) in [4.78, 5) is 12.1. The lowest BCUT2D eigenvalue weighted by atomic mass is 10.0. The maximum absolute atomic E-state index is 12.1. The van der Waals surface area contributed by atoms with E-state index in [1.807, 2.05) is 42.5 Å². The molecule has 1 N–H and O–H groups in total. The van der Waals surface area contributed by atoms with E-state index in [2.05, 4.69) is 11.4 Å². The third-order valence-electron chi connectivity index (χ3n) is 3.04. The van der Waals surface area contributed by atoms with Gasteiger partial charge in [0.25, 0.3) is 5.91 Å². The van der Waals surface area contributed by atoms with Gasteiger partial charge in [-0.1, -0.05) is 36.4 Å². The zero-order valence-electron chi connectivity index (χ0n) is 10.7. The molecule has 1 amide bonds. The third kappa shape index (κ3) is 3.32. The number of carbonyl (C=O) groups excluding carboxylic acids is 1. The molecule has 3 heteroatoms. The number of carbonyl (C=O) groups is 1. The van der Waals surface area contributed by atoms with E-state index in [0.29, 0.717) is 18.5 Å². The van der Waals surface area contributed by atoms with E-state index in [1.165, 1.54) is 0 Å². The molecule has 0 saturated heterocycles. The van der Waals surface area contributed by atoms with Crippen molar-refractivity contribution < 1.29 is 4.79 Å². The van der Waals surface area contributed by atoms with Crippen molar-refractivity contribution in [1.29, 1.82) is 5.26 Å². The van der Waals surface area contributed by atoms with Crippen LogP contribution in [0.5, 0.6) is 0 Å². The number of fused-ring (bicyclic) bond motifs is 1. The molecular formula is C16H16N2O. The van der Waals surface area contributed by atoms with Crippen molar-refractivity contribution in [2.75, 3.05) is 6.54 Å². The van der Waals surface area contributed by atoms with Crippen LogP contribution in [0.3, 0.4) is 0 Å². The van der Waals surface area contributed by atoms with Gasteiger partial charge < -0.3 is 5.32 Å². The average molecular weight is 252 g/mol. The van der Waals surface area contributed by atoms with E-state index in [9.17, 15) is 4.79 Å². The fourth-order valence-electron chi connectivity index (χ4n) is 2.05. The summed E-state index contributed by atoms with van der Waals surface area (Å²) in [5, 5.41) is 13.4. The molecule has 0 radical (unpaired) electrons. The fourth-order valence-corrected chi connectivity index (χ4v) is 2.05. The number of nitrogens with zero attached hydrogens (tertiary/aromatic N) is 1. The number of unbranched alkanes of at least 4 members (excludes halogenated alkanes) is 2. The van der Waals surface area contributed by atoms with Crippen LogP contribution in [0.25, 0.3) is 10.8 Å². The zero-order valence-corrected chi connectivity index (χ0v) is 10.7. The van der Waals surface area contributed by atoms with E-state index < -0.39 is 0 Å². The Morgan fingerprint density at radius 2 is 1.89 bits per heavy atom. The second kappa shape index (κ2) is 6.55. The molecule has 0 bridgehead atoms. The minimum absolute atomic E-state index is 0.0474. The molecule has 0 atom stereocenters. The molecule has 2 rings (SSSR count). The predicted molar refractivity (Wildman–Crippen MR) is 75.7 cm³/mol. The highest BCUT2D eigenvalue weighted by Gasteiger charge is 2.08. The summed E-state index contributed by atoms with van der Waals surface area (Å²) in [5.41, 5.74) is 0.707. The average Bonchev–Trinajstić information content (AvgIpc) is 2.46. The van der Waals surface area contributed by atoms with Crippen LogP contribution in [0.4, 0.5) is 0 Å². The van der Waals surface area contributed by atoms with Crippen molar-refractivity contribution in [3.8, 4) is 6.07 Å². The van der Waals surface area contributed by atoms with Crippen LogP contribution in [0, 0.1) is 11.3 Å². The first kappa shape index (κ1) is 13.1. The predicted octanol–water partition coefficient (Wildman–Crippen LogP) is 3.26. The van der Waals surface area contributed by atoms with E-state index in [-0.39, 0.29) is 5.91 Å². The maximum Gasteiger partial charge on any atom is 0.251 e. The molecule has 3 nitrogen and oxygen atoms in total. The normalized spacial score (nSPS) is 10.1. The molecule has 19 heavy (non-hydrogen) atoms. The number of benzene rings is 2. The van der Waals surface area contributed by atoms with Crippen LogP contribution in [0.15, 0.2) is 42.5 Å². The number of hydrogen-bond donors (Lipinski definition) is 1. The molecule has 0 aliphatic rings. The Morgan fingerprint density at radius 1 is 1.11 bits per heavy atom. The molecule has 0 aliphatic carbocycles. The van der Waals surface area contributed by atoms with E-state index in [1.54, 1.807) is 0 Å². The minimum Gasteiger partial charge on any atom is -0.352 e. The van der Waals surface area contributed by atoms with Crippen molar-refractivity contribution in [3.05, 3.63) is 48.0 Å². The Bertz CT molecular complexity index is 608. The lowest BCUT2D eigenvalue weighted by molar-refractivity contribution is 0.0954. The van der Waals surface area contributed by atoms with Gasteiger partial charge in [0.2, 0.25) is 0 Å². The molecule has 96 valence electrons. The van der Waals surface area contributed by atoms with E-state index in [0.717, 1.165) is 23.6 Å². The molecule has 2 aromatic rings. The quantitative estimate of drug-likeness (QED) is 0.830. The van der Waals surface area contributed by atoms with Gasteiger partial charge in [0.15, 0.2) is 0 Å². The summed E-state index contributed by atoms with van der Waals surface area (Å²) < 4.78 is 0. The lowest BCUT2D eigenvalue weighted by Crippen LogP contribution is -2.24. The van der Waals surface area contributed by atoms with Crippen LogP contribution in [-0.2, 0) is 0 Å². The Hall–Kier alpha value is -2.34. The molecule has 0 heterocycles. The maximum atomic E-state index is 12.1. The van der Waals surface area contributed by atoms with Gasteiger partial charge in [0.1, 0.15) is 0 Å². The number of hydrogen-bond acceptors (Lipinski definition) is 2. The van der Waals surface area contributed by atoms with Gasteiger partial charge in [-0.2, -0.15) is 5.26 Å².